The van der Waals surface area contributed by atoms with Gasteiger partial charge in [-0.2, -0.15) is 5.10 Å². The van der Waals surface area contributed by atoms with Crippen LogP contribution in [-0.2, 0) is 21.8 Å². The van der Waals surface area contributed by atoms with Gasteiger partial charge in [-0.1, -0.05) is 39.7 Å². The number of hydrogen-bond donors (Lipinski definition) is 0. The maximum Gasteiger partial charge on any atom is 0.360 e. The Kier molecular flexibility index (Phi) is 7.64. The predicted molar refractivity (Wildman–Crippen MR) is 132 cm³/mol. The molecular formula is C23H20BrClN4O3S. The molecule has 0 fully saturated rings. The molecule has 2 heterocycles. The Morgan fingerprint density at radius 3 is 2.52 bits per heavy atom. The van der Waals surface area contributed by atoms with E-state index in [1.807, 2.05) is 48.5 Å². The summed E-state index contributed by atoms with van der Waals surface area (Å²) in [7, 11) is 1.61. The number of aromatic nitrogens is 4. The summed E-state index contributed by atoms with van der Waals surface area (Å²) in [6.45, 7) is 2.27. The summed E-state index contributed by atoms with van der Waals surface area (Å²) < 4.78 is 13.3. The van der Waals surface area contributed by atoms with Gasteiger partial charge in [-0.15, -0.1) is 22.0 Å². The van der Waals surface area contributed by atoms with Crippen molar-refractivity contribution in [3.8, 4) is 11.1 Å². The highest BCUT2D eigenvalue weighted by Gasteiger charge is 2.24. The van der Waals surface area contributed by atoms with Crippen molar-refractivity contribution in [3.05, 3.63) is 75.1 Å². The van der Waals surface area contributed by atoms with Gasteiger partial charge in [0.2, 0.25) is 0 Å². The lowest BCUT2D eigenvalue weighted by molar-refractivity contribution is 0.0516. The Bertz CT molecular complexity index is 1280. The number of carbonyl (C=O) groups excluding carboxylic acids is 1. The van der Waals surface area contributed by atoms with Crippen LogP contribution >= 0.6 is 39.3 Å². The molecule has 0 unspecified atom stereocenters. The van der Waals surface area contributed by atoms with Crippen LogP contribution in [0.2, 0.25) is 5.02 Å². The summed E-state index contributed by atoms with van der Waals surface area (Å²) in [4.78, 5) is 13.7. The first-order valence-electron chi connectivity index (χ1n) is 10.1. The number of hydrogen-bond acceptors (Lipinski definition) is 7. The first-order chi connectivity index (χ1) is 16.0. The number of benzene rings is 2. The van der Waals surface area contributed by atoms with Crippen LogP contribution in [0.15, 0.2) is 57.9 Å². The number of halogens is 2. The third kappa shape index (κ3) is 5.22. The number of methoxy groups -OCH3 is 1. The summed E-state index contributed by atoms with van der Waals surface area (Å²) in [5.41, 5.74) is 3.72. The molecule has 0 amide bonds. The first kappa shape index (κ1) is 23.7. The monoisotopic (exact) mass is 546 g/mol. The molecule has 0 spiro atoms. The second-order valence-electron chi connectivity index (χ2n) is 6.96. The summed E-state index contributed by atoms with van der Waals surface area (Å²) in [5.74, 6) is -0.108. The number of thioether (sulfide) groups is 1. The van der Waals surface area contributed by atoms with Crippen LogP contribution in [0.3, 0.4) is 0 Å². The summed E-state index contributed by atoms with van der Waals surface area (Å²) in [5, 5.41) is 14.1. The first-order valence-corrected chi connectivity index (χ1v) is 12.2. The molecule has 4 aromatic rings. The van der Waals surface area contributed by atoms with Gasteiger partial charge >= 0.3 is 5.97 Å². The van der Waals surface area contributed by atoms with Gasteiger partial charge in [-0.25, -0.2) is 9.31 Å². The van der Waals surface area contributed by atoms with Crippen LogP contribution < -0.4 is 0 Å². The molecule has 0 saturated heterocycles. The minimum Gasteiger partial charge on any atom is -0.461 e. The molecule has 2 aromatic heterocycles. The van der Waals surface area contributed by atoms with Gasteiger partial charge in [0.15, 0.2) is 11.3 Å². The zero-order chi connectivity index (χ0) is 23.4. The molecule has 0 N–H and O–H groups in total. The average Bonchev–Trinajstić information content (AvgIpc) is 3.17. The maximum absolute atomic E-state index is 12.7. The Labute approximate surface area is 208 Å². The number of nitrogens with zero attached hydrogens (tertiary/aromatic N) is 4. The molecule has 0 bridgehead atoms. The van der Waals surface area contributed by atoms with E-state index < -0.39 is 5.97 Å². The third-order valence-corrected chi connectivity index (χ3v) is 6.58. The van der Waals surface area contributed by atoms with Gasteiger partial charge in [0.25, 0.3) is 0 Å². The third-order valence-electron chi connectivity index (χ3n) is 4.78. The normalized spacial score (nSPS) is 11.2. The highest BCUT2D eigenvalue weighted by atomic mass is 79.9. The number of ether oxygens (including phenoxy) is 2. The van der Waals surface area contributed by atoms with Crippen molar-refractivity contribution in [3.63, 3.8) is 0 Å². The van der Waals surface area contributed by atoms with Gasteiger partial charge in [0.05, 0.1) is 30.2 Å². The fourth-order valence-corrected chi connectivity index (χ4v) is 4.59. The van der Waals surface area contributed by atoms with Crippen LogP contribution in [0.1, 0.15) is 28.8 Å². The topological polar surface area (TPSA) is 78.6 Å². The molecule has 0 radical (unpaired) electrons. The molecule has 170 valence electrons. The number of esters is 1. The van der Waals surface area contributed by atoms with Crippen molar-refractivity contribution in [2.75, 3.05) is 13.7 Å². The summed E-state index contributed by atoms with van der Waals surface area (Å²) >= 11 is 11.0. The largest absolute Gasteiger partial charge is 0.461 e. The molecule has 0 saturated carbocycles. The fourth-order valence-electron chi connectivity index (χ4n) is 3.31. The van der Waals surface area contributed by atoms with E-state index >= 15 is 0 Å². The van der Waals surface area contributed by atoms with Crippen molar-refractivity contribution < 1.29 is 14.3 Å². The van der Waals surface area contributed by atoms with E-state index in [9.17, 15) is 4.79 Å². The van der Waals surface area contributed by atoms with Crippen molar-refractivity contribution in [2.45, 2.75) is 24.2 Å². The lowest BCUT2D eigenvalue weighted by atomic mass is 10.1. The molecule has 0 aliphatic heterocycles. The van der Waals surface area contributed by atoms with Crippen molar-refractivity contribution in [1.82, 2.24) is 19.8 Å². The van der Waals surface area contributed by atoms with Crippen LogP contribution in [0.5, 0.6) is 0 Å². The Hall–Kier alpha value is -2.46. The molecule has 2 aromatic carbocycles. The van der Waals surface area contributed by atoms with E-state index in [1.165, 1.54) is 0 Å². The fraction of sp³-hybridized carbons (Fsp3) is 0.217. The van der Waals surface area contributed by atoms with Crippen LogP contribution in [0, 0.1) is 0 Å². The van der Waals surface area contributed by atoms with Gasteiger partial charge in [0.1, 0.15) is 0 Å². The lowest BCUT2D eigenvalue weighted by Crippen LogP contribution is -2.16. The molecule has 0 atom stereocenters. The second kappa shape index (κ2) is 10.6. The van der Waals surface area contributed by atoms with Gasteiger partial charge < -0.3 is 9.47 Å². The predicted octanol–water partition coefficient (Wildman–Crippen LogP) is 5.82. The molecule has 33 heavy (non-hydrogen) atoms. The minimum atomic E-state index is -0.535. The van der Waals surface area contributed by atoms with Crippen LogP contribution in [0.25, 0.3) is 16.8 Å². The van der Waals surface area contributed by atoms with Crippen LogP contribution in [-0.4, -0.2) is 39.5 Å². The van der Waals surface area contributed by atoms with Gasteiger partial charge in [0, 0.05) is 27.3 Å². The van der Waals surface area contributed by atoms with Gasteiger partial charge in [-0.3, -0.25) is 0 Å². The molecule has 0 aliphatic rings. The highest BCUT2D eigenvalue weighted by molar-refractivity contribution is 9.10. The van der Waals surface area contributed by atoms with E-state index in [1.54, 1.807) is 30.3 Å². The standard InChI is InChI=1S/C23H20BrClN4O3S/c1-3-32-23(30)21-19(13-33-17-10-8-16(25)9-11-17)29-22(27-26-21)20(18(28-29)12-31-2)14-4-6-15(24)7-5-14/h4-11H,3,12-13H2,1-2H3. The van der Waals surface area contributed by atoms with Crippen molar-refractivity contribution >= 4 is 50.9 Å². The Morgan fingerprint density at radius 1 is 1.12 bits per heavy atom. The van der Waals surface area contributed by atoms with Gasteiger partial charge in [-0.05, 0) is 48.9 Å². The van der Waals surface area contributed by atoms with E-state index in [0.717, 1.165) is 20.5 Å². The molecule has 10 heteroatoms. The zero-order valence-corrected chi connectivity index (χ0v) is 21.1. The summed E-state index contributed by atoms with van der Waals surface area (Å²) in [6.07, 6.45) is 0. The Morgan fingerprint density at radius 2 is 1.85 bits per heavy atom. The highest BCUT2D eigenvalue weighted by Crippen LogP contribution is 2.32. The number of carbonyl (C=O) groups is 1. The smallest absolute Gasteiger partial charge is 0.360 e. The molecule has 4 rings (SSSR count). The van der Waals surface area contributed by atoms with E-state index in [4.69, 9.17) is 26.2 Å². The Balaban J connectivity index is 1.86. The second-order valence-corrected chi connectivity index (χ2v) is 9.36. The minimum absolute atomic E-state index is 0.139. The number of fused-ring (bicyclic) bond motifs is 1. The van der Waals surface area contributed by atoms with Crippen molar-refractivity contribution in [2.24, 2.45) is 0 Å². The molecular weight excluding hydrogens is 528 g/mol. The number of rotatable bonds is 8. The van der Waals surface area contributed by atoms with E-state index in [0.29, 0.717) is 27.8 Å². The molecule has 7 nitrogen and oxygen atoms in total. The quantitative estimate of drug-likeness (QED) is 0.203. The van der Waals surface area contributed by atoms with Crippen LogP contribution in [0.4, 0.5) is 0 Å². The molecule has 0 aliphatic carbocycles. The van der Waals surface area contributed by atoms with E-state index in [-0.39, 0.29) is 18.9 Å². The van der Waals surface area contributed by atoms with Crippen molar-refractivity contribution in [1.29, 1.82) is 0 Å². The summed E-state index contributed by atoms with van der Waals surface area (Å²) in [6, 6.07) is 15.4. The average molecular weight is 548 g/mol. The zero-order valence-electron chi connectivity index (χ0n) is 17.9. The lowest BCUT2D eigenvalue weighted by Gasteiger charge is -2.10. The maximum atomic E-state index is 12.7. The van der Waals surface area contributed by atoms with E-state index in [2.05, 4.69) is 26.1 Å². The SMILES string of the molecule is CCOC(=O)c1nnc2c(-c3ccc(Br)cc3)c(COC)nn2c1CSc1ccc(Cl)cc1.